The number of rotatable bonds is 7. The molecule has 2 saturated carbocycles. The molecule has 3 aliphatic carbocycles. The first-order valence-electron chi connectivity index (χ1n) is 12.1. The Bertz CT molecular complexity index is 1070. The molecule has 0 aliphatic heterocycles. The Kier molecular flexibility index (Phi) is 6.02. The van der Waals surface area contributed by atoms with Crippen LogP contribution in [0, 0.1) is 17.8 Å². The molecule has 5 atom stereocenters. The van der Waals surface area contributed by atoms with Gasteiger partial charge in [-0.3, -0.25) is 9.59 Å². The van der Waals surface area contributed by atoms with Crippen molar-refractivity contribution in [1.29, 1.82) is 0 Å². The Hall–Kier alpha value is -3.35. The van der Waals surface area contributed by atoms with E-state index >= 15 is 0 Å². The number of nitrogens with one attached hydrogen (secondary N) is 2. The van der Waals surface area contributed by atoms with Gasteiger partial charge in [0.15, 0.2) is 0 Å². The topological polar surface area (TPSA) is 105 Å². The van der Waals surface area contributed by atoms with Crippen LogP contribution in [-0.4, -0.2) is 41.8 Å². The maximum Gasteiger partial charge on any atom is 0.407 e. The monoisotopic (exact) mass is 462 g/mol. The van der Waals surface area contributed by atoms with Crippen LogP contribution in [0.25, 0.3) is 11.1 Å². The molecule has 0 aromatic heterocycles. The van der Waals surface area contributed by atoms with Gasteiger partial charge >= 0.3 is 12.1 Å². The SMILES string of the molecule is CC[C@@H](NC(=O)OCC1c2ccccc2-c2ccccc21)C(=O)N[C@H]1C[C@H]2CC(C(=O)O)C[C@H]21. The van der Waals surface area contributed by atoms with E-state index in [4.69, 9.17) is 4.74 Å². The van der Waals surface area contributed by atoms with E-state index in [0.717, 1.165) is 28.7 Å². The lowest BCUT2D eigenvalue weighted by molar-refractivity contribution is -0.141. The number of hydrogen-bond acceptors (Lipinski definition) is 4. The fourth-order valence-corrected chi connectivity index (χ4v) is 6.01. The van der Waals surface area contributed by atoms with E-state index in [9.17, 15) is 19.5 Å². The number of carboxylic acids is 1. The highest BCUT2D eigenvalue weighted by Gasteiger charge is 2.50. The van der Waals surface area contributed by atoms with E-state index in [2.05, 4.69) is 34.9 Å². The molecule has 2 amide bonds. The molecule has 0 bridgehead atoms. The molecule has 1 unspecified atom stereocenters. The zero-order chi connectivity index (χ0) is 23.8. The van der Waals surface area contributed by atoms with Crippen LogP contribution in [-0.2, 0) is 14.3 Å². The molecule has 34 heavy (non-hydrogen) atoms. The van der Waals surface area contributed by atoms with E-state index in [1.54, 1.807) is 0 Å². The van der Waals surface area contributed by atoms with Crippen molar-refractivity contribution in [3.8, 4) is 11.1 Å². The van der Waals surface area contributed by atoms with Crippen molar-refractivity contribution in [1.82, 2.24) is 10.6 Å². The zero-order valence-corrected chi connectivity index (χ0v) is 19.2. The number of carboxylic acid groups (broad SMARTS) is 1. The first kappa shape index (κ1) is 22.4. The number of aliphatic carboxylic acids is 1. The van der Waals surface area contributed by atoms with Gasteiger partial charge in [-0.2, -0.15) is 0 Å². The van der Waals surface area contributed by atoms with Crippen LogP contribution in [0.2, 0.25) is 0 Å². The fourth-order valence-electron chi connectivity index (χ4n) is 6.01. The van der Waals surface area contributed by atoms with Crippen molar-refractivity contribution < 1.29 is 24.2 Å². The average Bonchev–Trinajstić information content (AvgIpc) is 3.34. The number of ether oxygens (including phenoxy) is 1. The molecule has 3 aliphatic rings. The minimum Gasteiger partial charge on any atom is -0.481 e. The summed E-state index contributed by atoms with van der Waals surface area (Å²) in [7, 11) is 0. The minimum atomic E-state index is -0.747. The summed E-state index contributed by atoms with van der Waals surface area (Å²) < 4.78 is 5.58. The van der Waals surface area contributed by atoms with Crippen LogP contribution in [0.15, 0.2) is 48.5 Å². The smallest absolute Gasteiger partial charge is 0.407 e. The number of benzene rings is 2. The van der Waals surface area contributed by atoms with Crippen molar-refractivity contribution in [2.45, 2.75) is 50.6 Å². The van der Waals surface area contributed by atoms with E-state index in [0.29, 0.717) is 25.2 Å². The van der Waals surface area contributed by atoms with Crippen molar-refractivity contribution in [2.75, 3.05) is 6.61 Å². The van der Waals surface area contributed by atoms with Crippen LogP contribution in [0.3, 0.4) is 0 Å². The van der Waals surface area contributed by atoms with Crippen LogP contribution in [0.1, 0.15) is 49.7 Å². The van der Waals surface area contributed by atoms with Gasteiger partial charge in [-0.1, -0.05) is 55.5 Å². The third kappa shape index (κ3) is 4.04. The first-order valence-corrected chi connectivity index (χ1v) is 12.1. The summed E-state index contributed by atoms with van der Waals surface area (Å²) in [6, 6.07) is 15.6. The van der Waals surface area contributed by atoms with Crippen molar-refractivity contribution >= 4 is 18.0 Å². The van der Waals surface area contributed by atoms with Gasteiger partial charge < -0.3 is 20.5 Å². The Morgan fingerprint density at radius 1 is 1.00 bits per heavy atom. The van der Waals surface area contributed by atoms with Gasteiger partial charge in [0.05, 0.1) is 5.92 Å². The number of fused-ring (bicyclic) bond motifs is 4. The number of alkyl carbamates (subject to hydrolysis) is 1. The van der Waals surface area contributed by atoms with Crippen LogP contribution < -0.4 is 10.6 Å². The molecule has 0 radical (unpaired) electrons. The fraction of sp³-hybridized carbons (Fsp3) is 0.444. The highest BCUT2D eigenvalue weighted by molar-refractivity contribution is 5.86. The molecule has 5 rings (SSSR count). The molecule has 2 aromatic carbocycles. The molecule has 0 heterocycles. The second kappa shape index (κ2) is 9.12. The quantitative estimate of drug-likeness (QED) is 0.579. The number of amides is 2. The zero-order valence-electron chi connectivity index (χ0n) is 19.2. The maximum atomic E-state index is 12.8. The third-order valence-electron chi connectivity index (χ3n) is 7.86. The molecule has 2 fully saturated rings. The lowest BCUT2D eigenvalue weighted by atomic mass is 9.71. The third-order valence-corrected chi connectivity index (χ3v) is 7.86. The predicted molar refractivity (Wildman–Crippen MR) is 126 cm³/mol. The van der Waals surface area contributed by atoms with Gasteiger partial charge in [-0.15, -0.1) is 0 Å². The van der Waals surface area contributed by atoms with Gasteiger partial charge in [0.1, 0.15) is 12.6 Å². The molecular weight excluding hydrogens is 432 g/mol. The number of carbonyl (C=O) groups is 3. The van der Waals surface area contributed by atoms with E-state index in [-0.39, 0.29) is 36.3 Å². The van der Waals surface area contributed by atoms with Crippen molar-refractivity contribution in [3.05, 3.63) is 59.7 Å². The molecule has 178 valence electrons. The lowest BCUT2D eigenvalue weighted by Gasteiger charge is -2.41. The Balaban J connectivity index is 1.15. The highest BCUT2D eigenvalue weighted by Crippen LogP contribution is 2.49. The van der Waals surface area contributed by atoms with Gasteiger partial charge in [-0.25, -0.2) is 4.79 Å². The molecule has 7 heteroatoms. The van der Waals surface area contributed by atoms with Crippen molar-refractivity contribution in [2.24, 2.45) is 17.8 Å². The largest absolute Gasteiger partial charge is 0.481 e. The first-order chi connectivity index (χ1) is 16.5. The number of carbonyl (C=O) groups excluding carboxylic acids is 2. The molecule has 0 spiro atoms. The van der Waals surface area contributed by atoms with Gasteiger partial charge in [0, 0.05) is 12.0 Å². The lowest BCUT2D eigenvalue weighted by Crippen LogP contribution is -2.55. The average molecular weight is 463 g/mol. The van der Waals surface area contributed by atoms with Gasteiger partial charge in [0.2, 0.25) is 5.91 Å². The normalized spacial score (nSPS) is 25.3. The Labute approximate surface area is 198 Å². The summed E-state index contributed by atoms with van der Waals surface area (Å²) in [5.41, 5.74) is 4.59. The highest BCUT2D eigenvalue weighted by atomic mass is 16.5. The summed E-state index contributed by atoms with van der Waals surface area (Å²) >= 11 is 0. The standard InChI is InChI=1S/C27H30N2O5/c1-2-23(25(30)28-24-13-15-11-16(26(31)32)12-21(15)24)29-27(33)34-14-22-19-9-5-3-7-17(19)18-8-4-6-10-20(18)22/h3-10,15-16,21-24H,2,11-14H2,1H3,(H,28,30)(H,29,33)(H,31,32)/t15-,16?,21-,23-,24+/m1/s1. The summed E-state index contributed by atoms with van der Waals surface area (Å²) in [6.45, 7) is 2.04. The van der Waals surface area contributed by atoms with Crippen LogP contribution >= 0.6 is 0 Å². The van der Waals surface area contributed by atoms with Gasteiger partial charge in [0.25, 0.3) is 0 Å². The number of hydrogen-bond donors (Lipinski definition) is 3. The van der Waals surface area contributed by atoms with Crippen molar-refractivity contribution in [3.63, 3.8) is 0 Å². The second-order valence-corrected chi connectivity index (χ2v) is 9.71. The minimum absolute atomic E-state index is 0.0137. The summed E-state index contributed by atoms with van der Waals surface area (Å²) in [5.74, 6) is -0.735. The second-order valence-electron chi connectivity index (χ2n) is 9.71. The summed E-state index contributed by atoms with van der Waals surface area (Å²) in [5, 5.41) is 15.0. The summed E-state index contributed by atoms with van der Waals surface area (Å²) in [6.07, 6.45) is 1.95. The van der Waals surface area contributed by atoms with Gasteiger partial charge in [-0.05, 0) is 59.8 Å². The summed E-state index contributed by atoms with van der Waals surface area (Å²) in [4.78, 5) is 36.7. The Morgan fingerprint density at radius 2 is 1.65 bits per heavy atom. The molecular formula is C27H30N2O5. The maximum absolute atomic E-state index is 12.8. The van der Waals surface area contributed by atoms with E-state index < -0.39 is 18.1 Å². The molecule has 3 N–H and O–H groups in total. The van der Waals surface area contributed by atoms with E-state index in [1.165, 1.54) is 0 Å². The van der Waals surface area contributed by atoms with E-state index in [1.807, 2.05) is 31.2 Å². The van der Waals surface area contributed by atoms with Crippen LogP contribution in [0.5, 0.6) is 0 Å². The molecule has 7 nitrogen and oxygen atoms in total. The molecule has 2 aromatic rings. The van der Waals surface area contributed by atoms with Crippen LogP contribution in [0.4, 0.5) is 4.79 Å². The predicted octanol–water partition coefficient (Wildman–Crippen LogP) is 3.92. The molecule has 0 saturated heterocycles. The Morgan fingerprint density at radius 3 is 2.26 bits per heavy atom.